The zero-order valence-corrected chi connectivity index (χ0v) is 58.0. The highest BCUT2D eigenvalue weighted by Gasteiger charge is 2.56. The molecule has 2 aliphatic carbocycles. The highest BCUT2D eigenvalue weighted by molar-refractivity contribution is 7.38. The Morgan fingerprint density at radius 3 is 1.00 bits per heavy atom. The van der Waals surface area contributed by atoms with Crippen molar-refractivity contribution in [3.05, 3.63) is 247 Å². The molecule has 10 heterocycles. The lowest BCUT2D eigenvalue weighted by molar-refractivity contribution is 0.783. The first-order valence-electron chi connectivity index (χ1n) is 29.8. The molecule has 6 aromatic carbocycles. The van der Waals surface area contributed by atoms with Gasteiger partial charge in [-0.1, -0.05) is 144 Å². The average molecular weight is 1390 g/mol. The Kier molecular flexibility index (Phi) is 13.2. The van der Waals surface area contributed by atoms with E-state index in [9.17, 15) is 21.0 Å². The summed E-state index contributed by atoms with van der Waals surface area (Å²) in [7, 11) is 0. The Morgan fingerprint density at radius 1 is 0.330 bits per heavy atom. The molecule has 0 spiro atoms. The van der Waals surface area contributed by atoms with E-state index in [4.69, 9.17) is 8.75 Å². The van der Waals surface area contributed by atoms with Crippen LogP contribution in [0.2, 0.25) is 0 Å². The van der Waals surface area contributed by atoms with E-state index in [2.05, 4.69) is 170 Å². The van der Waals surface area contributed by atoms with E-state index in [1.807, 2.05) is 117 Å². The molecule has 18 heteroatoms. The molecule has 0 N–H and O–H groups in total. The maximum atomic E-state index is 9.56. The smallest absolute Gasteiger partial charge is 0.130 e. The molecule has 0 saturated carbocycles. The molecule has 0 fully saturated rings. The van der Waals surface area contributed by atoms with Gasteiger partial charge in [-0.3, -0.25) is 0 Å². The average Bonchev–Trinajstić information content (AvgIpc) is 1.48. The SMILES string of the molecule is Cc1ccc(C2(c3ccc(C)cc3)c3c(sc4cc(-c5ccc(-c6ccc(C=C(C#N)C#N)c7nsnc67)s5)sc34)-c3sc4c5c(sc4c32)-c2sc3cc(-c4ccc(-c6ccc(C=C(C#N)C#N)c7nsnc67)s4)sc3c2C5(c2ccc(C)cc2)c2ccc(C)cc2)cc1. The van der Waals surface area contributed by atoms with Gasteiger partial charge in [0, 0.05) is 83.2 Å². The lowest BCUT2D eigenvalue weighted by Crippen LogP contribution is -2.29. The predicted octanol–water partition coefficient (Wildman–Crippen LogP) is 23.1. The minimum atomic E-state index is -0.664. The van der Waals surface area contributed by atoms with Crippen LogP contribution in [0.4, 0.5) is 0 Å². The zero-order chi connectivity index (χ0) is 63.5. The van der Waals surface area contributed by atoms with Crippen LogP contribution in [0.1, 0.15) is 77.9 Å². The minimum absolute atomic E-state index is 0.0247. The number of nitriles is 4. The van der Waals surface area contributed by atoms with Gasteiger partial charge in [0.1, 0.15) is 57.5 Å². The number of fused-ring (bicyclic) bond motifs is 15. The van der Waals surface area contributed by atoms with Crippen molar-refractivity contribution in [1.29, 1.82) is 21.0 Å². The van der Waals surface area contributed by atoms with Crippen molar-refractivity contribution >= 4 is 177 Å². The van der Waals surface area contributed by atoms with Gasteiger partial charge in [-0.05, 0) is 98.5 Å². The maximum Gasteiger partial charge on any atom is 0.130 e. The van der Waals surface area contributed by atoms with Crippen LogP contribution in [0.15, 0.2) is 169 Å². The molecule has 0 aliphatic heterocycles. The summed E-state index contributed by atoms with van der Waals surface area (Å²) < 4.78 is 26.6. The first kappa shape index (κ1) is 57.4. The van der Waals surface area contributed by atoms with E-state index >= 15 is 0 Å². The van der Waals surface area contributed by atoms with Gasteiger partial charge in [-0.2, -0.15) is 38.5 Å². The lowest BCUT2D eigenvalue weighted by atomic mass is 9.67. The molecule has 94 heavy (non-hydrogen) atoms. The van der Waals surface area contributed by atoms with Gasteiger partial charge in [-0.25, -0.2) is 0 Å². The Labute approximate surface area is 579 Å². The Balaban J connectivity index is 0.839. The fourth-order valence-corrected chi connectivity index (χ4v) is 26.3. The number of rotatable bonds is 10. The third-order valence-corrected chi connectivity index (χ3v) is 29.7. The maximum absolute atomic E-state index is 9.56. The molecular formula is C76H40N8S10. The summed E-state index contributed by atoms with van der Waals surface area (Å²) in [4.78, 5) is 12.3. The summed E-state index contributed by atoms with van der Waals surface area (Å²) in [5.74, 6) is 0. The fourth-order valence-electron chi connectivity index (χ4n) is 14.0. The number of benzene rings is 6. The van der Waals surface area contributed by atoms with E-state index in [-0.39, 0.29) is 11.1 Å². The van der Waals surface area contributed by atoms with Crippen molar-refractivity contribution in [1.82, 2.24) is 17.5 Å². The number of thiophene rings is 8. The molecule has 0 saturated heterocycles. The number of allylic oxidation sites excluding steroid dienone is 2. The second kappa shape index (κ2) is 21.7. The van der Waals surface area contributed by atoms with Crippen LogP contribution in [-0.2, 0) is 10.8 Å². The number of hydrogen-bond donors (Lipinski definition) is 0. The molecule has 2 aliphatic rings. The van der Waals surface area contributed by atoms with E-state index in [1.54, 1.807) is 34.8 Å². The van der Waals surface area contributed by atoms with Gasteiger partial charge >= 0.3 is 0 Å². The van der Waals surface area contributed by atoms with Crippen molar-refractivity contribution in [2.45, 2.75) is 38.5 Å². The zero-order valence-electron chi connectivity index (χ0n) is 49.8. The van der Waals surface area contributed by atoms with Gasteiger partial charge in [-0.15, -0.1) is 90.7 Å². The van der Waals surface area contributed by atoms with Gasteiger partial charge in [0.15, 0.2) is 0 Å². The third kappa shape index (κ3) is 8.27. The standard InChI is InChI=1S/C76H40N8S10/c1-37-5-15-45(16-6-37)75(46-17-7-38(2)8-18-46)59-67-57(31-55(87-67)53-27-25-51(85-53)49-23-13-43(29-41(33-77)34-78)63-65(49)83-93-81-63)89-69(59)71-61(75)73-74(91-71)62-72(92-73)70-60(76(62,47-19-9-39(3)10-20-47)48-21-11-40(4)12-22-48)68-58(90-70)32-56(88-68)54-28-26-52(86-54)50-24-14-44(30-42(35-79)36-80)64-66(50)84-94-82-64/h5-32H,1-4H3. The molecule has 0 amide bonds. The lowest BCUT2D eigenvalue weighted by Gasteiger charge is -2.34. The van der Waals surface area contributed by atoms with Crippen LogP contribution in [0.5, 0.6) is 0 Å². The summed E-state index contributed by atoms with van der Waals surface area (Å²) >= 11 is 17.5. The van der Waals surface area contributed by atoms with Crippen molar-refractivity contribution in [2.24, 2.45) is 0 Å². The van der Waals surface area contributed by atoms with E-state index < -0.39 is 10.8 Å². The second-order valence-corrected chi connectivity index (χ2v) is 33.1. The Morgan fingerprint density at radius 2 is 0.649 bits per heavy atom. The quantitative estimate of drug-likeness (QED) is 0.123. The predicted molar refractivity (Wildman–Crippen MR) is 398 cm³/mol. The number of hydrogen-bond acceptors (Lipinski definition) is 18. The van der Waals surface area contributed by atoms with Gasteiger partial charge in [0.2, 0.25) is 0 Å². The molecule has 10 aromatic heterocycles. The van der Waals surface area contributed by atoms with Crippen molar-refractivity contribution < 1.29 is 0 Å². The van der Waals surface area contributed by atoms with Crippen LogP contribution in [0.3, 0.4) is 0 Å². The Hall–Kier alpha value is -9.22. The highest BCUT2D eigenvalue weighted by atomic mass is 32.1. The normalized spacial score (nSPS) is 13.2. The second-order valence-electron chi connectivity index (χ2n) is 23.7. The molecule has 0 bridgehead atoms. The topological polar surface area (TPSA) is 147 Å². The minimum Gasteiger partial charge on any atom is -0.192 e. The fraction of sp³-hybridized carbons (Fsp3) is 0.0789. The molecule has 18 rings (SSSR count). The largest absolute Gasteiger partial charge is 0.192 e. The first-order chi connectivity index (χ1) is 46.0. The van der Waals surface area contributed by atoms with Crippen molar-refractivity contribution in [2.75, 3.05) is 0 Å². The van der Waals surface area contributed by atoms with E-state index in [0.29, 0.717) is 22.2 Å². The van der Waals surface area contributed by atoms with Crippen LogP contribution >= 0.6 is 114 Å². The summed E-state index contributed by atoms with van der Waals surface area (Å²) in [6.45, 7) is 8.76. The van der Waals surface area contributed by atoms with Crippen molar-refractivity contribution in [3.63, 3.8) is 0 Å². The Bertz CT molecular complexity index is 5650. The molecule has 0 unspecified atom stereocenters. The van der Waals surface area contributed by atoms with Gasteiger partial charge < -0.3 is 0 Å². The van der Waals surface area contributed by atoms with Crippen LogP contribution < -0.4 is 0 Å². The highest BCUT2D eigenvalue weighted by Crippen LogP contribution is 2.72. The van der Waals surface area contributed by atoms with Crippen molar-refractivity contribution in [3.8, 4) is 84.2 Å². The monoisotopic (exact) mass is 1380 g/mol. The molecule has 8 nitrogen and oxygen atoms in total. The van der Waals surface area contributed by atoms with Crippen LogP contribution in [-0.4, -0.2) is 17.5 Å². The number of aryl methyl sites for hydroxylation is 4. The first-order valence-corrected chi connectivity index (χ1v) is 37.8. The summed E-state index contributed by atoms with van der Waals surface area (Å²) in [5.41, 5.74) is 20.4. The molecule has 0 atom stereocenters. The van der Waals surface area contributed by atoms with E-state index in [1.165, 1.54) is 134 Å². The number of aromatic nitrogens is 4. The van der Waals surface area contributed by atoms with Crippen LogP contribution in [0, 0.1) is 73.0 Å². The van der Waals surface area contributed by atoms with Gasteiger partial charge in [0.25, 0.3) is 0 Å². The molecule has 0 radical (unpaired) electrons. The molecule has 444 valence electrons. The molecule has 16 aromatic rings. The summed E-state index contributed by atoms with van der Waals surface area (Å²) in [6, 6.07) is 67.2. The summed E-state index contributed by atoms with van der Waals surface area (Å²) in [5, 5.41) is 38.2. The number of nitrogens with zero attached hydrogens (tertiary/aromatic N) is 8. The molecular weight excluding hydrogens is 1350 g/mol. The van der Waals surface area contributed by atoms with Gasteiger partial charge in [0.05, 0.1) is 72.6 Å². The van der Waals surface area contributed by atoms with E-state index in [0.717, 1.165) is 55.4 Å². The van der Waals surface area contributed by atoms with Crippen LogP contribution in [0.25, 0.3) is 122 Å². The summed E-state index contributed by atoms with van der Waals surface area (Å²) in [6.07, 6.45) is 3.18. The third-order valence-electron chi connectivity index (χ3n) is 18.3.